The summed E-state index contributed by atoms with van der Waals surface area (Å²) < 4.78 is 0.355. The molecule has 0 aliphatic carbocycles. The molecule has 1 aromatic heterocycles. The van der Waals surface area contributed by atoms with Crippen molar-refractivity contribution in [3.05, 3.63) is 10.6 Å². The Labute approximate surface area is 68.2 Å². The Hall–Kier alpha value is -1.19. The average Bonchev–Trinajstić information content (AvgIpc) is 2.36. The smallest absolute Gasteiger partial charge is 0.213 e. The Balaban J connectivity index is 2.78. The number of aromatic nitrogens is 3. The Morgan fingerprint density at radius 1 is 1.73 bits per heavy atom. The summed E-state index contributed by atoms with van der Waals surface area (Å²) in [4.78, 5) is 3.86. The molecule has 0 fully saturated rings. The van der Waals surface area contributed by atoms with Crippen LogP contribution in [0.4, 0.5) is 0 Å². The first kappa shape index (κ1) is 7.91. The van der Waals surface area contributed by atoms with Gasteiger partial charge < -0.3 is 5.73 Å². The fraction of sp³-hybridized carbons (Fsp3) is 0.400. The number of nitrogens with two attached hydrogens (primary N) is 1. The average molecular weight is 169 g/mol. The first-order valence-electron chi connectivity index (χ1n) is 3.01. The molecular formula is C5H7N5S. The molecule has 5 nitrogen and oxygen atoms in total. The molecular weight excluding hydrogens is 162 g/mol. The van der Waals surface area contributed by atoms with Crippen molar-refractivity contribution >= 4 is 12.2 Å². The largest absolute Gasteiger partial charge is 0.320 e. The Morgan fingerprint density at radius 2 is 2.45 bits per heavy atom. The van der Waals surface area contributed by atoms with E-state index < -0.39 is 0 Å². The second kappa shape index (κ2) is 3.27. The highest BCUT2D eigenvalue weighted by Crippen LogP contribution is 2.05. The molecule has 0 saturated carbocycles. The zero-order valence-corrected chi connectivity index (χ0v) is 6.48. The van der Waals surface area contributed by atoms with Crippen molar-refractivity contribution in [1.82, 2.24) is 15.2 Å². The normalized spacial score (nSPS) is 12.4. The zero-order valence-electron chi connectivity index (χ0n) is 5.66. The van der Waals surface area contributed by atoms with E-state index in [1.54, 1.807) is 0 Å². The van der Waals surface area contributed by atoms with Crippen LogP contribution < -0.4 is 5.73 Å². The molecule has 6 heteroatoms. The lowest BCUT2D eigenvalue weighted by Gasteiger charge is -1.99. The highest BCUT2D eigenvalue weighted by atomic mass is 32.1. The number of nitrogens with zero attached hydrogens (tertiary/aromatic N) is 2. The molecule has 11 heavy (non-hydrogen) atoms. The second-order valence-electron chi connectivity index (χ2n) is 2.02. The van der Waals surface area contributed by atoms with Gasteiger partial charge in [-0.05, 0) is 12.2 Å². The Bertz CT molecular complexity index is 318. The van der Waals surface area contributed by atoms with Crippen molar-refractivity contribution in [2.75, 3.05) is 0 Å². The van der Waals surface area contributed by atoms with Crippen molar-refractivity contribution in [1.29, 1.82) is 5.26 Å². The van der Waals surface area contributed by atoms with Gasteiger partial charge in [-0.1, -0.05) is 0 Å². The van der Waals surface area contributed by atoms with E-state index >= 15 is 0 Å². The summed E-state index contributed by atoms with van der Waals surface area (Å²) in [5, 5.41) is 13.6. The predicted octanol–water partition coefficient (Wildman–Crippen LogP) is 0.381. The number of nitriles is 1. The van der Waals surface area contributed by atoms with Crippen LogP contribution in [0.2, 0.25) is 0 Å². The monoisotopic (exact) mass is 169 g/mol. The topological polar surface area (TPSA) is 94.3 Å². The molecule has 58 valence electrons. The second-order valence-corrected chi connectivity index (χ2v) is 2.41. The van der Waals surface area contributed by atoms with Crippen LogP contribution in [0.1, 0.15) is 18.3 Å². The highest BCUT2D eigenvalue weighted by molar-refractivity contribution is 7.71. The van der Waals surface area contributed by atoms with Gasteiger partial charge in [0.15, 0.2) is 0 Å². The molecule has 0 radical (unpaired) electrons. The fourth-order valence-electron chi connectivity index (χ4n) is 0.653. The first-order valence-corrected chi connectivity index (χ1v) is 3.42. The van der Waals surface area contributed by atoms with Gasteiger partial charge in [-0.15, -0.1) is 0 Å². The van der Waals surface area contributed by atoms with Crippen LogP contribution >= 0.6 is 12.2 Å². The molecule has 1 rings (SSSR count). The molecule has 0 saturated heterocycles. The van der Waals surface area contributed by atoms with E-state index in [1.165, 1.54) is 0 Å². The molecule has 0 spiro atoms. The zero-order chi connectivity index (χ0) is 8.27. The number of nitrogens with one attached hydrogen (secondary N) is 2. The van der Waals surface area contributed by atoms with Crippen molar-refractivity contribution in [2.45, 2.75) is 12.5 Å². The maximum Gasteiger partial charge on any atom is 0.213 e. The summed E-state index contributed by atoms with van der Waals surface area (Å²) >= 11 is 4.70. The van der Waals surface area contributed by atoms with Gasteiger partial charge in [0.1, 0.15) is 5.82 Å². The number of hydrogen-bond acceptors (Lipinski definition) is 4. The third-order valence-electron chi connectivity index (χ3n) is 1.18. The van der Waals surface area contributed by atoms with E-state index in [0.29, 0.717) is 10.6 Å². The van der Waals surface area contributed by atoms with E-state index in [-0.39, 0.29) is 12.5 Å². The summed E-state index contributed by atoms with van der Waals surface area (Å²) in [6, 6.07) is 1.56. The standard InChI is InChI=1S/C5H7N5S/c6-2-1-3(7)4-8-5(11)10-9-4/h3H,1,7H2,(H2,8,9,10,11)/t3-/m0/s1. The van der Waals surface area contributed by atoms with Crippen molar-refractivity contribution in [3.63, 3.8) is 0 Å². The molecule has 4 N–H and O–H groups in total. The molecule has 0 amide bonds. The van der Waals surface area contributed by atoms with Crippen LogP contribution in [-0.2, 0) is 0 Å². The molecule has 0 unspecified atom stereocenters. The molecule has 0 aromatic carbocycles. The van der Waals surface area contributed by atoms with Crippen LogP contribution in [0, 0.1) is 16.1 Å². The summed E-state index contributed by atoms with van der Waals surface area (Å²) in [6.45, 7) is 0. The number of H-pyrrole nitrogens is 2. The van der Waals surface area contributed by atoms with Gasteiger partial charge in [-0.25, -0.2) is 4.98 Å². The van der Waals surface area contributed by atoms with E-state index in [2.05, 4.69) is 15.2 Å². The van der Waals surface area contributed by atoms with Gasteiger partial charge in [0.25, 0.3) is 0 Å². The third kappa shape index (κ3) is 1.86. The number of hydrogen-bond donors (Lipinski definition) is 3. The van der Waals surface area contributed by atoms with Crippen LogP contribution in [0.5, 0.6) is 0 Å². The van der Waals surface area contributed by atoms with Gasteiger partial charge in [0, 0.05) is 0 Å². The maximum absolute atomic E-state index is 8.30. The quantitative estimate of drug-likeness (QED) is 0.558. The minimum atomic E-state index is -0.382. The predicted molar refractivity (Wildman–Crippen MR) is 40.9 cm³/mol. The van der Waals surface area contributed by atoms with E-state index in [1.807, 2.05) is 6.07 Å². The minimum absolute atomic E-state index is 0.232. The fourth-order valence-corrected chi connectivity index (χ4v) is 0.803. The highest BCUT2D eigenvalue weighted by Gasteiger charge is 2.07. The van der Waals surface area contributed by atoms with Gasteiger partial charge in [0.05, 0.1) is 18.5 Å². The SMILES string of the molecule is N#CC[C@H](N)c1nc(=S)[nH][nH]1. The minimum Gasteiger partial charge on any atom is -0.320 e. The van der Waals surface area contributed by atoms with Gasteiger partial charge >= 0.3 is 0 Å². The first-order chi connectivity index (χ1) is 5.24. The van der Waals surface area contributed by atoms with Gasteiger partial charge in [-0.2, -0.15) is 5.26 Å². The van der Waals surface area contributed by atoms with Crippen molar-refractivity contribution in [2.24, 2.45) is 5.73 Å². The van der Waals surface area contributed by atoms with Crippen molar-refractivity contribution in [3.8, 4) is 6.07 Å². The molecule has 1 aromatic rings. The van der Waals surface area contributed by atoms with Crippen LogP contribution in [0.15, 0.2) is 0 Å². The summed E-state index contributed by atoms with van der Waals surface area (Å²) in [6.07, 6.45) is 0.232. The Morgan fingerprint density at radius 3 is 2.91 bits per heavy atom. The lowest BCUT2D eigenvalue weighted by molar-refractivity contribution is 0.692. The van der Waals surface area contributed by atoms with Gasteiger partial charge in [0.2, 0.25) is 4.77 Å². The van der Waals surface area contributed by atoms with E-state index in [0.717, 1.165) is 0 Å². The maximum atomic E-state index is 8.30. The van der Waals surface area contributed by atoms with Crippen LogP contribution in [-0.4, -0.2) is 15.2 Å². The molecule has 1 heterocycles. The molecule has 0 aliphatic heterocycles. The van der Waals surface area contributed by atoms with Crippen molar-refractivity contribution < 1.29 is 0 Å². The number of aromatic amines is 2. The summed E-state index contributed by atoms with van der Waals surface area (Å²) in [5.41, 5.74) is 5.54. The third-order valence-corrected chi connectivity index (χ3v) is 1.38. The van der Waals surface area contributed by atoms with Crippen LogP contribution in [0.25, 0.3) is 0 Å². The summed E-state index contributed by atoms with van der Waals surface area (Å²) in [7, 11) is 0. The lowest BCUT2D eigenvalue weighted by atomic mass is 10.2. The Kier molecular flexibility index (Phi) is 2.36. The molecule has 0 bridgehead atoms. The van der Waals surface area contributed by atoms with Gasteiger partial charge in [-0.3, -0.25) is 10.2 Å². The number of rotatable bonds is 2. The molecule has 0 aliphatic rings. The van der Waals surface area contributed by atoms with E-state index in [4.69, 9.17) is 23.2 Å². The summed E-state index contributed by atoms with van der Waals surface area (Å²) in [5.74, 6) is 0.525. The van der Waals surface area contributed by atoms with E-state index in [9.17, 15) is 0 Å². The molecule has 1 atom stereocenters. The van der Waals surface area contributed by atoms with Crippen LogP contribution in [0.3, 0.4) is 0 Å². The lowest BCUT2D eigenvalue weighted by Crippen LogP contribution is -2.10.